The molecule has 2 heterocycles. The second-order valence-corrected chi connectivity index (χ2v) is 20.1. The molecule has 0 aromatic carbocycles. The van der Waals surface area contributed by atoms with Gasteiger partial charge in [-0.25, -0.2) is 0 Å². The Bertz CT molecular complexity index is 1200. The van der Waals surface area contributed by atoms with Gasteiger partial charge in [0.25, 0.3) is 0 Å². The fraction of sp³-hybridized carbons (Fsp3) is 0.944. The van der Waals surface area contributed by atoms with Crippen molar-refractivity contribution in [2.24, 2.45) is 0 Å². The van der Waals surface area contributed by atoms with Gasteiger partial charge in [-0.15, -0.1) is 0 Å². The van der Waals surface area contributed by atoms with E-state index in [1.807, 2.05) is 6.08 Å². The maximum atomic E-state index is 13.2. The number of amides is 1. The van der Waals surface area contributed by atoms with Crippen molar-refractivity contribution in [3.8, 4) is 0 Å². The van der Waals surface area contributed by atoms with Gasteiger partial charge in [0.1, 0.15) is 48.8 Å². The Kier molecular flexibility index (Phi) is 38.1. The third kappa shape index (κ3) is 27.5. The van der Waals surface area contributed by atoms with Crippen molar-refractivity contribution in [3.63, 3.8) is 0 Å². The fourth-order valence-electron chi connectivity index (χ4n) is 9.41. The van der Waals surface area contributed by atoms with Crippen LogP contribution in [0.4, 0.5) is 0 Å². The quantitative estimate of drug-likeness (QED) is 0.0207. The minimum absolute atomic E-state index is 0.236. The summed E-state index contributed by atoms with van der Waals surface area (Å²) in [4.78, 5) is 13.2. The number of nitrogens with one attached hydrogen (secondary N) is 1. The van der Waals surface area contributed by atoms with Gasteiger partial charge >= 0.3 is 0 Å². The van der Waals surface area contributed by atoms with Crippen LogP contribution in [0.15, 0.2) is 12.2 Å². The van der Waals surface area contributed by atoms with Gasteiger partial charge in [0.2, 0.25) is 5.91 Å². The molecule has 4 unspecified atom stereocenters. The van der Waals surface area contributed by atoms with E-state index >= 15 is 0 Å². The van der Waals surface area contributed by atoms with Gasteiger partial charge in [-0.3, -0.25) is 4.79 Å². The molecule has 2 aliphatic rings. The summed E-state index contributed by atoms with van der Waals surface area (Å²) in [6, 6.07) is -0.907. The van der Waals surface area contributed by atoms with Gasteiger partial charge in [-0.05, 0) is 19.3 Å². The second-order valence-electron chi connectivity index (χ2n) is 20.1. The number of aliphatic hydroxyl groups excluding tert-OH is 8. The average Bonchev–Trinajstić information content (AvgIpc) is 3.34. The number of rotatable bonds is 44. The molecule has 2 aliphatic heterocycles. The van der Waals surface area contributed by atoms with Crippen molar-refractivity contribution in [1.82, 2.24) is 5.32 Å². The highest BCUT2D eigenvalue weighted by atomic mass is 16.7. The number of ether oxygens (including phenoxy) is 4. The van der Waals surface area contributed by atoms with Crippen LogP contribution in [0.3, 0.4) is 0 Å². The fourth-order valence-corrected chi connectivity index (χ4v) is 9.41. The normalized spacial score (nSPS) is 26.4. The largest absolute Gasteiger partial charge is 0.394 e. The van der Waals surface area contributed by atoms with E-state index in [1.54, 1.807) is 6.08 Å². The molecule has 0 saturated carbocycles. The molecule has 0 bridgehead atoms. The predicted molar refractivity (Wildman–Crippen MR) is 268 cm³/mol. The lowest BCUT2D eigenvalue weighted by molar-refractivity contribution is -0.359. The highest BCUT2D eigenvalue weighted by molar-refractivity contribution is 5.76. The SMILES string of the molecule is CCCCCCCCCCC/C=C/[C@@H](O)[C@H](CO[C@@H]1O[C@H](CO)[C@@H](O[C@@H]2O[C@H](CO)[C@H](O)C(O)C2O)C(O)C1O)NC(=O)CCCCCCCCCCCCCCCCCCCCCCCCC. The molecule has 2 rings (SSSR count). The minimum Gasteiger partial charge on any atom is -0.394 e. The van der Waals surface area contributed by atoms with Gasteiger partial charge in [0.15, 0.2) is 12.6 Å². The molecule has 0 radical (unpaired) electrons. The number of hydrogen-bond donors (Lipinski definition) is 9. The first kappa shape index (κ1) is 62.8. The van der Waals surface area contributed by atoms with Crippen molar-refractivity contribution in [3.05, 3.63) is 12.2 Å². The molecular weight excluding hydrogens is 871 g/mol. The monoisotopic (exact) mass is 974 g/mol. The number of hydrogen-bond acceptors (Lipinski definition) is 13. The van der Waals surface area contributed by atoms with E-state index in [0.29, 0.717) is 6.42 Å². The topological polar surface area (TPSA) is 228 Å². The number of aliphatic hydroxyl groups is 8. The summed E-state index contributed by atoms with van der Waals surface area (Å²) < 4.78 is 22.7. The Hall–Kier alpha value is -1.27. The third-order valence-corrected chi connectivity index (χ3v) is 14.0. The van der Waals surface area contributed by atoms with Crippen LogP contribution >= 0.6 is 0 Å². The Morgan fingerprint density at radius 3 is 1.35 bits per heavy atom. The van der Waals surface area contributed by atoms with Crippen LogP contribution in [-0.2, 0) is 23.7 Å². The van der Waals surface area contributed by atoms with E-state index in [2.05, 4.69) is 19.2 Å². The van der Waals surface area contributed by atoms with Crippen molar-refractivity contribution in [1.29, 1.82) is 0 Å². The Balaban J connectivity index is 1.73. The van der Waals surface area contributed by atoms with Gasteiger partial charge < -0.3 is 65.1 Å². The molecule has 0 aromatic heterocycles. The lowest BCUT2D eigenvalue weighted by Crippen LogP contribution is -2.65. The van der Waals surface area contributed by atoms with Gasteiger partial charge in [0.05, 0.1) is 32.0 Å². The van der Waals surface area contributed by atoms with Crippen LogP contribution < -0.4 is 5.32 Å². The highest BCUT2D eigenvalue weighted by Gasteiger charge is 2.51. The number of carbonyl (C=O) groups is 1. The Labute approximate surface area is 412 Å². The lowest BCUT2D eigenvalue weighted by atomic mass is 9.97. The summed E-state index contributed by atoms with van der Waals surface area (Å²) in [6.07, 6.45) is 28.3. The van der Waals surface area contributed by atoms with Gasteiger partial charge in [-0.1, -0.05) is 219 Å². The van der Waals surface area contributed by atoms with Crippen LogP contribution in [-0.4, -0.2) is 140 Å². The van der Waals surface area contributed by atoms with Crippen molar-refractivity contribution >= 4 is 5.91 Å². The summed E-state index contributed by atoms with van der Waals surface area (Å²) in [5.74, 6) is -0.236. The van der Waals surface area contributed by atoms with Crippen LogP contribution in [0.25, 0.3) is 0 Å². The Morgan fingerprint density at radius 1 is 0.515 bits per heavy atom. The molecular formula is C54H103NO13. The van der Waals surface area contributed by atoms with Crippen LogP contribution in [0.1, 0.15) is 232 Å². The molecule has 68 heavy (non-hydrogen) atoms. The first-order valence-electron chi connectivity index (χ1n) is 27.9. The molecule has 2 fully saturated rings. The molecule has 0 aromatic rings. The van der Waals surface area contributed by atoms with E-state index in [1.165, 1.54) is 167 Å². The second kappa shape index (κ2) is 41.2. The van der Waals surface area contributed by atoms with Crippen LogP contribution in [0, 0.1) is 0 Å². The van der Waals surface area contributed by atoms with E-state index in [-0.39, 0.29) is 18.9 Å². The van der Waals surface area contributed by atoms with E-state index < -0.39 is 86.8 Å². The summed E-state index contributed by atoms with van der Waals surface area (Å²) in [6.45, 7) is 2.79. The molecule has 2 saturated heterocycles. The summed E-state index contributed by atoms with van der Waals surface area (Å²) >= 11 is 0. The standard InChI is InChI=1S/C54H103NO13/c1-3-5-7-9-11-13-15-16-17-18-19-20-21-22-23-24-25-26-28-30-32-34-36-38-46(59)55-42(43(58)37-35-33-31-29-27-14-12-10-8-6-4-2)41-65-53-51(64)49(62)52(45(40-57)67-53)68-54-50(63)48(61)47(60)44(39-56)66-54/h35,37,42-45,47-54,56-58,60-64H,3-34,36,38-41H2,1-2H3,(H,55,59)/b37-35+/t42-,43+,44+,45+,47-,48?,49?,50?,51?,52+,53+,54-/m0/s1. The maximum absolute atomic E-state index is 13.2. The Morgan fingerprint density at radius 2 is 0.912 bits per heavy atom. The molecule has 14 nitrogen and oxygen atoms in total. The smallest absolute Gasteiger partial charge is 0.220 e. The van der Waals surface area contributed by atoms with Crippen LogP contribution in [0.5, 0.6) is 0 Å². The van der Waals surface area contributed by atoms with E-state index in [0.717, 1.165) is 38.5 Å². The van der Waals surface area contributed by atoms with E-state index in [9.17, 15) is 45.6 Å². The molecule has 9 N–H and O–H groups in total. The predicted octanol–water partition coefficient (Wildman–Crippen LogP) is 8.33. The highest BCUT2D eigenvalue weighted by Crippen LogP contribution is 2.30. The zero-order chi connectivity index (χ0) is 49.6. The minimum atomic E-state index is -1.78. The first-order chi connectivity index (χ1) is 33.1. The zero-order valence-electron chi connectivity index (χ0n) is 42.9. The lowest BCUT2D eigenvalue weighted by Gasteiger charge is -2.46. The van der Waals surface area contributed by atoms with Crippen molar-refractivity contribution < 1.29 is 64.6 Å². The molecule has 1 amide bonds. The number of carbonyl (C=O) groups excluding carboxylic acids is 1. The van der Waals surface area contributed by atoms with Crippen molar-refractivity contribution in [2.75, 3.05) is 19.8 Å². The number of allylic oxidation sites excluding steroid dienone is 1. The molecule has 0 spiro atoms. The third-order valence-electron chi connectivity index (χ3n) is 14.0. The first-order valence-corrected chi connectivity index (χ1v) is 27.9. The molecule has 0 aliphatic carbocycles. The van der Waals surface area contributed by atoms with Gasteiger partial charge in [-0.2, -0.15) is 0 Å². The molecule has 14 heteroatoms. The zero-order valence-corrected chi connectivity index (χ0v) is 42.9. The summed E-state index contributed by atoms with van der Waals surface area (Å²) in [7, 11) is 0. The molecule has 12 atom stereocenters. The summed E-state index contributed by atoms with van der Waals surface area (Å²) in [5.41, 5.74) is 0. The van der Waals surface area contributed by atoms with Crippen molar-refractivity contribution in [2.45, 2.75) is 306 Å². The maximum Gasteiger partial charge on any atom is 0.220 e. The molecule has 402 valence electrons. The number of unbranched alkanes of at least 4 members (excludes halogenated alkanes) is 31. The van der Waals surface area contributed by atoms with Gasteiger partial charge in [0, 0.05) is 6.42 Å². The van der Waals surface area contributed by atoms with E-state index in [4.69, 9.17) is 18.9 Å². The summed E-state index contributed by atoms with van der Waals surface area (Å²) in [5, 5.41) is 86.8. The average molecular weight is 974 g/mol. The van der Waals surface area contributed by atoms with Crippen LogP contribution in [0.2, 0.25) is 0 Å².